The molecule has 1 aromatic rings. The van der Waals surface area contributed by atoms with Gasteiger partial charge < -0.3 is 25.8 Å². The number of unbranched alkanes of at least 4 members (excludes halogenated alkanes) is 1. The number of hydrogen-bond donors (Lipinski definition) is 4. The third-order valence-corrected chi connectivity index (χ3v) is 7.02. The number of carbonyl (C=O) groups is 3. The second-order valence-electron chi connectivity index (χ2n) is 10.4. The number of ether oxygens (including phenoxy) is 1. The summed E-state index contributed by atoms with van der Waals surface area (Å²) in [5.41, 5.74) is 1.38. The smallest absolute Gasteiger partial charge is 0.303 e. The minimum absolute atomic E-state index is 0.0603. The molecule has 2 fully saturated rings. The number of fused-ring (bicyclic) bond motifs is 2. The average molecular weight is 500 g/mol. The number of rotatable bonds is 14. The van der Waals surface area contributed by atoms with Gasteiger partial charge in [0.2, 0.25) is 11.8 Å². The van der Waals surface area contributed by atoms with Gasteiger partial charge in [-0.15, -0.1) is 0 Å². The molecular weight excluding hydrogens is 458 g/mol. The van der Waals surface area contributed by atoms with Crippen LogP contribution in [0.2, 0.25) is 0 Å². The molecule has 0 aliphatic carbocycles. The fourth-order valence-corrected chi connectivity index (χ4v) is 5.32. The molecule has 36 heavy (non-hydrogen) atoms. The van der Waals surface area contributed by atoms with Crippen molar-refractivity contribution in [2.24, 2.45) is 17.8 Å². The first kappa shape index (κ1) is 27.9. The molecule has 5 atom stereocenters. The topological polar surface area (TPSA) is 117 Å². The number of allylic oxidation sites excluding steroid dienone is 2. The van der Waals surface area contributed by atoms with Crippen LogP contribution >= 0.6 is 0 Å². The van der Waals surface area contributed by atoms with Crippen LogP contribution in [0.1, 0.15) is 65.7 Å². The van der Waals surface area contributed by atoms with E-state index in [-0.39, 0.29) is 36.5 Å². The van der Waals surface area contributed by atoms with Crippen LogP contribution in [-0.4, -0.2) is 47.7 Å². The highest BCUT2D eigenvalue weighted by Crippen LogP contribution is 2.45. The van der Waals surface area contributed by atoms with Crippen LogP contribution in [0, 0.1) is 17.8 Å². The van der Waals surface area contributed by atoms with Gasteiger partial charge >= 0.3 is 5.97 Å². The number of hydrogen-bond acceptors (Lipinski definition) is 5. The Hall–Kier alpha value is -2.71. The van der Waals surface area contributed by atoms with Crippen molar-refractivity contribution in [1.82, 2.24) is 5.32 Å². The van der Waals surface area contributed by atoms with E-state index in [9.17, 15) is 14.4 Å². The van der Waals surface area contributed by atoms with E-state index in [1.165, 1.54) is 6.92 Å². The van der Waals surface area contributed by atoms with E-state index in [1.54, 1.807) is 24.3 Å². The number of anilines is 2. The van der Waals surface area contributed by atoms with Crippen LogP contribution in [0.3, 0.4) is 0 Å². The van der Waals surface area contributed by atoms with E-state index in [0.29, 0.717) is 35.5 Å². The van der Waals surface area contributed by atoms with Gasteiger partial charge in [-0.2, -0.15) is 0 Å². The Bertz CT molecular complexity index is 914. The maximum atomic E-state index is 13.1. The van der Waals surface area contributed by atoms with E-state index < -0.39 is 5.97 Å². The highest BCUT2D eigenvalue weighted by molar-refractivity contribution is 5.95. The fraction of sp³-hybridized carbons (Fsp3) is 0.607. The van der Waals surface area contributed by atoms with Crippen molar-refractivity contribution in [3.8, 4) is 0 Å². The molecule has 8 nitrogen and oxygen atoms in total. The lowest BCUT2D eigenvalue weighted by Crippen LogP contribution is -2.46. The first-order chi connectivity index (χ1) is 17.2. The standard InChI is InChI=1S/C28H41N3O5/c1-18(2)16-24(28(35)31-21-12-10-20(11-13-21)30-19(3)32)29-17-23-22(25-14-15-26(23)36-25)8-6-4-5-7-9-27(33)34/h4,6,10-13,18,22-26,29H,5,7-9,14-17H2,1-3H3,(H,30,32)(H,31,35)(H,33,34)/t22-,23+,24?,25-,26+/m1/s1. The summed E-state index contributed by atoms with van der Waals surface area (Å²) >= 11 is 0. The van der Waals surface area contributed by atoms with Gasteiger partial charge in [-0.25, -0.2) is 0 Å². The lowest BCUT2D eigenvalue weighted by atomic mass is 9.77. The van der Waals surface area contributed by atoms with Crippen LogP contribution in [0.5, 0.6) is 0 Å². The molecule has 2 amide bonds. The zero-order chi connectivity index (χ0) is 26.1. The molecule has 2 aliphatic heterocycles. The van der Waals surface area contributed by atoms with Crippen LogP contribution in [0.4, 0.5) is 11.4 Å². The van der Waals surface area contributed by atoms with Crippen LogP contribution in [-0.2, 0) is 19.1 Å². The number of amides is 2. The highest BCUT2D eigenvalue weighted by Gasteiger charge is 2.48. The molecule has 198 valence electrons. The van der Waals surface area contributed by atoms with Crippen molar-refractivity contribution in [2.75, 3.05) is 17.2 Å². The molecule has 2 saturated heterocycles. The summed E-state index contributed by atoms with van der Waals surface area (Å²) in [5.74, 6) is 0.177. The number of carbonyl (C=O) groups excluding carboxylic acids is 2. The largest absolute Gasteiger partial charge is 0.481 e. The molecule has 1 aromatic carbocycles. The molecule has 0 aromatic heterocycles. The van der Waals surface area contributed by atoms with Gasteiger partial charge in [-0.05, 0) is 74.6 Å². The molecule has 2 bridgehead atoms. The molecule has 1 unspecified atom stereocenters. The van der Waals surface area contributed by atoms with Crippen molar-refractivity contribution in [2.45, 2.75) is 84.0 Å². The summed E-state index contributed by atoms with van der Waals surface area (Å²) in [4.78, 5) is 35.0. The Balaban J connectivity index is 1.55. The summed E-state index contributed by atoms with van der Waals surface area (Å²) in [6.07, 6.45) is 10.2. The van der Waals surface area contributed by atoms with E-state index >= 15 is 0 Å². The van der Waals surface area contributed by atoms with E-state index in [1.807, 2.05) is 0 Å². The SMILES string of the molecule is CC(=O)Nc1ccc(NC(=O)C(CC(C)C)NC[C@H]2[C@@H](CC=CCCCC(=O)O)[C@H]3CC[C@@H]2O3)cc1. The Kier molecular flexibility index (Phi) is 10.5. The minimum Gasteiger partial charge on any atom is -0.481 e. The number of aliphatic carboxylic acids is 1. The fourth-order valence-electron chi connectivity index (χ4n) is 5.32. The minimum atomic E-state index is -0.752. The van der Waals surface area contributed by atoms with Gasteiger partial charge in [0, 0.05) is 37.2 Å². The van der Waals surface area contributed by atoms with Gasteiger partial charge in [0.15, 0.2) is 0 Å². The summed E-state index contributed by atoms with van der Waals surface area (Å²) < 4.78 is 6.23. The monoisotopic (exact) mass is 499 g/mol. The van der Waals surface area contributed by atoms with Gasteiger partial charge in [0.05, 0.1) is 18.2 Å². The Morgan fingerprint density at radius 1 is 1.03 bits per heavy atom. The predicted octanol–water partition coefficient (Wildman–Crippen LogP) is 4.58. The summed E-state index contributed by atoms with van der Waals surface area (Å²) in [6, 6.07) is 6.81. The molecule has 3 rings (SSSR count). The van der Waals surface area contributed by atoms with Crippen molar-refractivity contribution in [3.05, 3.63) is 36.4 Å². The van der Waals surface area contributed by atoms with Gasteiger partial charge in [0.25, 0.3) is 0 Å². The Labute approximate surface area is 214 Å². The van der Waals surface area contributed by atoms with E-state index in [4.69, 9.17) is 9.84 Å². The van der Waals surface area contributed by atoms with Crippen molar-refractivity contribution in [3.63, 3.8) is 0 Å². The quantitative estimate of drug-likeness (QED) is 0.220. The maximum absolute atomic E-state index is 13.1. The van der Waals surface area contributed by atoms with Crippen molar-refractivity contribution in [1.29, 1.82) is 0 Å². The van der Waals surface area contributed by atoms with Crippen LogP contribution < -0.4 is 16.0 Å². The second-order valence-corrected chi connectivity index (χ2v) is 10.4. The molecule has 4 N–H and O–H groups in total. The molecule has 0 saturated carbocycles. The zero-order valence-electron chi connectivity index (χ0n) is 21.7. The average Bonchev–Trinajstić information content (AvgIpc) is 3.41. The molecular formula is C28H41N3O5. The Morgan fingerprint density at radius 2 is 1.67 bits per heavy atom. The molecule has 2 heterocycles. The third-order valence-electron chi connectivity index (χ3n) is 7.02. The van der Waals surface area contributed by atoms with Gasteiger partial charge in [0.1, 0.15) is 0 Å². The molecule has 2 aliphatic rings. The van der Waals surface area contributed by atoms with Gasteiger partial charge in [-0.3, -0.25) is 14.4 Å². The van der Waals surface area contributed by atoms with Crippen LogP contribution in [0.15, 0.2) is 36.4 Å². The second kappa shape index (κ2) is 13.6. The van der Waals surface area contributed by atoms with E-state index in [0.717, 1.165) is 38.6 Å². The zero-order valence-corrected chi connectivity index (χ0v) is 21.7. The van der Waals surface area contributed by atoms with Gasteiger partial charge in [-0.1, -0.05) is 26.0 Å². The maximum Gasteiger partial charge on any atom is 0.303 e. The lowest BCUT2D eigenvalue weighted by molar-refractivity contribution is -0.137. The summed E-state index contributed by atoms with van der Waals surface area (Å²) in [7, 11) is 0. The first-order valence-electron chi connectivity index (χ1n) is 13.2. The van der Waals surface area contributed by atoms with Crippen molar-refractivity contribution >= 4 is 29.2 Å². The van der Waals surface area contributed by atoms with E-state index in [2.05, 4.69) is 41.9 Å². The molecule has 0 spiro atoms. The lowest BCUT2D eigenvalue weighted by Gasteiger charge is -2.29. The van der Waals surface area contributed by atoms with Crippen LogP contribution in [0.25, 0.3) is 0 Å². The normalized spacial score (nSPS) is 23.8. The predicted molar refractivity (Wildman–Crippen MR) is 141 cm³/mol. The Morgan fingerprint density at radius 3 is 2.28 bits per heavy atom. The summed E-state index contributed by atoms with van der Waals surface area (Å²) in [6.45, 7) is 6.42. The number of benzene rings is 1. The third kappa shape index (κ3) is 8.45. The number of carboxylic acids is 1. The van der Waals surface area contributed by atoms with Crippen molar-refractivity contribution < 1.29 is 24.2 Å². The molecule has 0 radical (unpaired) electrons. The molecule has 8 heteroatoms. The first-order valence-corrected chi connectivity index (χ1v) is 13.2. The highest BCUT2D eigenvalue weighted by atomic mass is 16.5. The number of carboxylic acid groups (broad SMARTS) is 1. The number of nitrogens with one attached hydrogen (secondary N) is 3. The summed E-state index contributed by atoms with van der Waals surface area (Å²) in [5, 5.41) is 18.1.